The fourth-order valence-corrected chi connectivity index (χ4v) is 1.76. The van der Waals surface area contributed by atoms with Gasteiger partial charge in [-0.15, -0.1) is 0 Å². The Morgan fingerprint density at radius 1 is 1.06 bits per heavy atom. The summed E-state index contributed by atoms with van der Waals surface area (Å²) < 4.78 is 0. The van der Waals surface area contributed by atoms with Gasteiger partial charge in [0.2, 0.25) is 0 Å². The smallest absolute Gasteiger partial charge is 0.306 e. The Morgan fingerprint density at radius 3 is 2.18 bits per heavy atom. The molecular formula is C15H28O2. The summed E-state index contributed by atoms with van der Waals surface area (Å²) in [4.78, 5) is 10.6. The highest BCUT2D eigenvalue weighted by atomic mass is 16.4. The lowest BCUT2D eigenvalue weighted by Crippen LogP contribution is -2.08. The van der Waals surface area contributed by atoms with Gasteiger partial charge in [0.25, 0.3) is 0 Å². The highest BCUT2D eigenvalue weighted by Gasteiger charge is 2.08. The molecule has 1 N–H and O–H groups in total. The van der Waals surface area contributed by atoms with Crippen LogP contribution in [0.1, 0.15) is 71.6 Å². The second-order valence-electron chi connectivity index (χ2n) is 4.84. The number of aliphatic carboxylic acids is 1. The quantitative estimate of drug-likeness (QED) is 0.416. The van der Waals surface area contributed by atoms with Crippen LogP contribution < -0.4 is 0 Å². The van der Waals surface area contributed by atoms with Crippen LogP contribution in [0, 0.1) is 5.92 Å². The monoisotopic (exact) mass is 240 g/mol. The van der Waals surface area contributed by atoms with E-state index in [0.29, 0.717) is 0 Å². The Labute approximate surface area is 106 Å². The lowest BCUT2D eigenvalue weighted by atomic mass is 10.0. The maximum Gasteiger partial charge on any atom is 0.306 e. The van der Waals surface area contributed by atoms with Crippen LogP contribution in [0.15, 0.2) is 12.2 Å². The number of carbonyl (C=O) groups is 1. The van der Waals surface area contributed by atoms with Gasteiger partial charge in [0.15, 0.2) is 0 Å². The first-order valence-electron chi connectivity index (χ1n) is 7.06. The van der Waals surface area contributed by atoms with Crippen LogP contribution in [0.4, 0.5) is 0 Å². The van der Waals surface area contributed by atoms with Crippen LogP contribution in [0.5, 0.6) is 0 Å². The molecular weight excluding hydrogens is 212 g/mol. The molecule has 0 aliphatic heterocycles. The lowest BCUT2D eigenvalue weighted by molar-refractivity contribution is -0.141. The van der Waals surface area contributed by atoms with E-state index in [0.717, 1.165) is 25.7 Å². The molecule has 100 valence electrons. The number of unbranched alkanes of at least 4 members (excludes halogenated alkanes) is 6. The number of rotatable bonds is 11. The fourth-order valence-electron chi connectivity index (χ4n) is 1.76. The van der Waals surface area contributed by atoms with Gasteiger partial charge in [-0.3, -0.25) is 4.79 Å². The molecule has 2 nitrogen and oxygen atoms in total. The summed E-state index contributed by atoms with van der Waals surface area (Å²) in [5.41, 5.74) is 0. The molecule has 0 heterocycles. The van der Waals surface area contributed by atoms with Crippen molar-refractivity contribution in [3.63, 3.8) is 0 Å². The molecule has 0 saturated carbocycles. The van der Waals surface area contributed by atoms with Crippen LogP contribution in [0.25, 0.3) is 0 Å². The fraction of sp³-hybridized carbons (Fsp3) is 0.800. The average molecular weight is 240 g/mol. The van der Waals surface area contributed by atoms with Gasteiger partial charge in [-0.05, 0) is 32.1 Å². The minimum Gasteiger partial charge on any atom is -0.481 e. The highest BCUT2D eigenvalue weighted by molar-refractivity contribution is 5.69. The topological polar surface area (TPSA) is 37.3 Å². The third kappa shape index (κ3) is 11.5. The van der Waals surface area contributed by atoms with Crippen molar-refractivity contribution < 1.29 is 9.90 Å². The summed E-state index contributed by atoms with van der Waals surface area (Å²) in [6, 6.07) is 0. The Hall–Kier alpha value is -0.790. The van der Waals surface area contributed by atoms with E-state index in [1.165, 1.54) is 32.1 Å². The van der Waals surface area contributed by atoms with Gasteiger partial charge < -0.3 is 5.11 Å². The summed E-state index contributed by atoms with van der Waals surface area (Å²) in [6.45, 7) is 4.01. The minimum absolute atomic E-state index is 0.181. The second kappa shape index (κ2) is 11.7. The number of carboxylic acid groups (broad SMARTS) is 1. The van der Waals surface area contributed by atoms with E-state index in [1.807, 2.05) is 0 Å². The molecule has 0 aliphatic rings. The van der Waals surface area contributed by atoms with Crippen LogP contribution in [0.3, 0.4) is 0 Å². The van der Waals surface area contributed by atoms with Gasteiger partial charge in [-0.2, -0.15) is 0 Å². The molecule has 0 aromatic rings. The van der Waals surface area contributed by atoms with E-state index in [2.05, 4.69) is 19.1 Å². The van der Waals surface area contributed by atoms with E-state index in [1.54, 1.807) is 6.92 Å². The molecule has 17 heavy (non-hydrogen) atoms. The SMILES string of the molecule is CCCCCC=CCCCCCC(C)C(=O)O. The maximum absolute atomic E-state index is 10.6. The molecule has 0 fully saturated rings. The van der Waals surface area contributed by atoms with Crippen molar-refractivity contribution in [2.24, 2.45) is 5.92 Å². The summed E-state index contributed by atoms with van der Waals surface area (Å²) in [5, 5.41) is 8.71. The lowest BCUT2D eigenvalue weighted by Gasteiger charge is -2.04. The molecule has 0 saturated heterocycles. The standard InChI is InChI=1S/C15H28O2/c1-3-4-5-6-7-8-9-10-11-12-13-14(2)15(16)17/h7-8,14H,3-6,9-13H2,1-2H3,(H,16,17). The zero-order valence-corrected chi connectivity index (χ0v) is 11.5. The number of carboxylic acids is 1. The zero-order valence-electron chi connectivity index (χ0n) is 11.5. The predicted octanol–water partition coefficient (Wildman–Crippen LogP) is 4.79. The summed E-state index contributed by atoms with van der Waals surface area (Å²) in [7, 11) is 0. The van der Waals surface area contributed by atoms with Crippen LogP contribution in [0.2, 0.25) is 0 Å². The Bertz CT molecular complexity index is 209. The van der Waals surface area contributed by atoms with Crippen LogP contribution in [-0.4, -0.2) is 11.1 Å². The molecule has 0 bridgehead atoms. The summed E-state index contributed by atoms with van der Waals surface area (Å²) in [5.74, 6) is -0.847. The molecule has 0 rings (SSSR count). The third-order valence-corrected chi connectivity index (χ3v) is 3.07. The normalized spacial score (nSPS) is 13.1. The zero-order chi connectivity index (χ0) is 12.9. The van der Waals surface area contributed by atoms with Crippen molar-refractivity contribution >= 4 is 5.97 Å². The second-order valence-corrected chi connectivity index (χ2v) is 4.84. The molecule has 1 unspecified atom stereocenters. The average Bonchev–Trinajstić information content (AvgIpc) is 2.31. The van der Waals surface area contributed by atoms with Crippen LogP contribution >= 0.6 is 0 Å². The van der Waals surface area contributed by atoms with Gasteiger partial charge >= 0.3 is 5.97 Å². The van der Waals surface area contributed by atoms with E-state index < -0.39 is 5.97 Å². The van der Waals surface area contributed by atoms with E-state index in [-0.39, 0.29) is 5.92 Å². The first-order chi connectivity index (χ1) is 8.18. The Morgan fingerprint density at radius 2 is 1.65 bits per heavy atom. The van der Waals surface area contributed by atoms with Crippen LogP contribution in [-0.2, 0) is 4.79 Å². The molecule has 0 aliphatic carbocycles. The van der Waals surface area contributed by atoms with E-state index in [9.17, 15) is 4.79 Å². The Kier molecular flexibility index (Phi) is 11.1. The minimum atomic E-state index is -0.666. The third-order valence-electron chi connectivity index (χ3n) is 3.07. The molecule has 2 heteroatoms. The molecule has 0 aromatic carbocycles. The van der Waals surface area contributed by atoms with E-state index >= 15 is 0 Å². The van der Waals surface area contributed by atoms with Crippen molar-refractivity contribution in [1.29, 1.82) is 0 Å². The van der Waals surface area contributed by atoms with Gasteiger partial charge in [-0.25, -0.2) is 0 Å². The van der Waals surface area contributed by atoms with Crippen molar-refractivity contribution in [3.05, 3.63) is 12.2 Å². The van der Waals surface area contributed by atoms with Gasteiger partial charge in [0, 0.05) is 0 Å². The van der Waals surface area contributed by atoms with Crippen molar-refractivity contribution in [3.8, 4) is 0 Å². The number of hydrogen-bond acceptors (Lipinski definition) is 1. The summed E-state index contributed by atoms with van der Waals surface area (Å²) in [6.07, 6.45) is 15.0. The van der Waals surface area contributed by atoms with Gasteiger partial charge in [0.1, 0.15) is 0 Å². The maximum atomic E-state index is 10.6. The van der Waals surface area contributed by atoms with Crippen molar-refractivity contribution in [1.82, 2.24) is 0 Å². The first-order valence-corrected chi connectivity index (χ1v) is 7.06. The first kappa shape index (κ1) is 16.2. The predicted molar refractivity (Wildman–Crippen MR) is 73.2 cm³/mol. The van der Waals surface area contributed by atoms with E-state index in [4.69, 9.17) is 5.11 Å². The molecule has 1 atom stereocenters. The van der Waals surface area contributed by atoms with Crippen molar-refractivity contribution in [2.45, 2.75) is 71.6 Å². The number of allylic oxidation sites excluding steroid dienone is 2. The Balaban J connectivity index is 3.20. The largest absolute Gasteiger partial charge is 0.481 e. The van der Waals surface area contributed by atoms with Crippen molar-refractivity contribution in [2.75, 3.05) is 0 Å². The highest BCUT2D eigenvalue weighted by Crippen LogP contribution is 2.11. The summed E-state index contributed by atoms with van der Waals surface area (Å²) >= 11 is 0. The molecule has 0 amide bonds. The molecule has 0 spiro atoms. The molecule has 0 radical (unpaired) electrons. The molecule has 0 aromatic heterocycles. The number of hydrogen-bond donors (Lipinski definition) is 1. The van der Waals surface area contributed by atoms with Gasteiger partial charge in [-0.1, -0.05) is 51.7 Å². The van der Waals surface area contributed by atoms with Gasteiger partial charge in [0.05, 0.1) is 5.92 Å².